The summed E-state index contributed by atoms with van der Waals surface area (Å²) in [4.78, 5) is 2.45. The predicted octanol–water partition coefficient (Wildman–Crippen LogP) is 4.19. The van der Waals surface area contributed by atoms with E-state index in [1.165, 1.54) is 5.56 Å². The van der Waals surface area contributed by atoms with Gasteiger partial charge in [-0.1, -0.05) is 35.9 Å². The van der Waals surface area contributed by atoms with Gasteiger partial charge in [-0.05, 0) is 48.7 Å². The zero-order valence-corrected chi connectivity index (χ0v) is 16.0. The molecule has 1 aliphatic heterocycles. The molecule has 1 saturated heterocycles. The van der Waals surface area contributed by atoms with Gasteiger partial charge in [0.25, 0.3) is 0 Å². The molecule has 0 bridgehead atoms. The summed E-state index contributed by atoms with van der Waals surface area (Å²) >= 11 is 6.06. The second-order valence-electron chi connectivity index (χ2n) is 6.42. The summed E-state index contributed by atoms with van der Waals surface area (Å²) in [7, 11) is 1.68. The molecule has 0 N–H and O–H groups in total. The van der Waals surface area contributed by atoms with Gasteiger partial charge in [0.2, 0.25) is 0 Å². The van der Waals surface area contributed by atoms with E-state index in [2.05, 4.69) is 11.0 Å². The number of halogens is 1. The second kappa shape index (κ2) is 9.81. The molecule has 0 radical (unpaired) electrons. The van der Waals surface area contributed by atoms with Crippen molar-refractivity contribution in [2.45, 2.75) is 19.4 Å². The lowest BCUT2D eigenvalue weighted by Gasteiger charge is -2.26. The Kier molecular flexibility index (Phi) is 7.18. The molecule has 0 amide bonds. The molecular formula is C21H26ClNO3. The smallest absolute Gasteiger partial charge is 0.164 e. The summed E-state index contributed by atoms with van der Waals surface area (Å²) in [5.74, 6) is 1.60. The highest BCUT2D eigenvalue weighted by Gasteiger charge is 2.13. The lowest BCUT2D eigenvalue weighted by Crippen LogP contribution is -2.36. The third-order valence-electron chi connectivity index (χ3n) is 4.58. The highest BCUT2D eigenvalue weighted by atomic mass is 35.5. The van der Waals surface area contributed by atoms with E-state index in [0.29, 0.717) is 6.61 Å². The van der Waals surface area contributed by atoms with Gasteiger partial charge in [0.1, 0.15) is 6.61 Å². The summed E-state index contributed by atoms with van der Waals surface area (Å²) in [5.41, 5.74) is 2.22. The summed E-state index contributed by atoms with van der Waals surface area (Å²) in [6, 6.07) is 13.8. The van der Waals surface area contributed by atoms with Gasteiger partial charge in [-0.15, -0.1) is 0 Å². The Bertz CT molecular complexity index is 701. The number of aryl methyl sites for hydroxylation is 1. The predicted molar refractivity (Wildman–Crippen MR) is 104 cm³/mol. The van der Waals surface area contributed by atoms with Crippen LogP contribution in [0.4, 0.5) is 0 Å². The topological polar surface area (TPSA) is 30.9 Å². The molecule has 0 aliphatic carbocycles. The molecule has 0 spiro atoms. The third kappa shape index (κ3) is 5.37. The fraction of sp³-hybridized carbons (Fsp3) is 0.429. The zero-order valence-electron chi connectivity index (χ0n) is 15.2. The number of methoxy groups -OCH3 is 1. The third-order valence-corrected chi connectivity index (χ3v) is 4.81. The van der Waals surface area contributed by atoms with Gasteiger partial charge in [0, 0.05) is 18.1 Å². The molecule has 0 unspecified atom stereocenters. The molecule has 1 aliphatic rings. The van der Waals surface area contributed by atoms with E-state index >= 15 is 0 Å². The highest BCUT2D eigenvalue weighted by molar-refractivity contribution is 6.30. The van der Waals surface area contributed by atoms with E-state index in [1.807, 2.05) is 36.4 Å². The van der Waals surface area contributed by atoms with Gasteiger partial charge in [-0.25, -0.2) is 0 Å². The fourth-order valence-corrected chi connectivity index (χ4v) is 3.40. The molecule has 0 saturated carbocycles. The molecule has 0 atom stereocenters. The fourth-order valence-electron chi connectivity index (χ4n) is 3.18. The maximum Gasteiger partial charge on any atom is 0.164 e. The Morgan fingerprint density at radius 2 is 1.92 bits per heavy atom. The Balaban J connectivity index is 1.63. The quantitative estimate of drug-likeness (QED) is 0.692. The molecule has 26 heavy (non-hydrogen) atoms. The number of hydrogen-bond acceptors (Lipinski definition) is 4. The minimum atomic E-state index is 0.470. The summed E-state index contributed by atoms with van der Waals surface area (Å²) < 4.78 is 17.1. The molecule has 1 fully saturated rings. The van der Waals surface area contributed by atoms with Crippen molar-refractivity contribution in [3.8, 4) is 11.5 Å². The number of rotatable bonds is 8. The van der Waals surface area contributed by atoms with Gasteiger partial charge >= 0.3 is 0 Å². The number of hydrogen-bond donors (Lipinski definition) is 0. The first-order valence-corrected chi connectivity index (χ1v) is 9.47. The maximum absolute atomic E-state index is 6.13. The van der Waals surface area contributed by atoms with Crippen molar-refractivity contribution in [2.75, 3.05) is 40.0 Å². The average molecular weight is 376 g/mol. The molecule has 5 heteroatoms. The van der Waals surface area contributed by atoms with Gasteiger partial charge < -0.3 is 14.2 Å². The van der Waals surface area contributed by atoms with Crippen LogP contribution >= 0.6 is 11.6 Å². The minimum Gasteiger partial charge on any atom is -0.493 e. The zero-order chi connectivity index (χ0) is 18.2. The van der Waals surface area contributed by atoms with E-state index in [1.54, 1.807) is 7.11 Å². The first-order chi connectivity index (χ1) is 12.8. The summed E-state index contributed by atoms with van der Waals surface area (Å²) in [6.45, 7) is 5.28. The van der Waals surface area contributed by atoms with Crippen LogP contribution in [0.3, 0.4) is 0 Å². The van der Waals surface area contributed by atoms with E-state index < -0.39 is 0 Å². The van der Waals surface area contributed by atoms with E-state index in [-0.39, 0.29) is 0 Å². The van der Waals surface area contributed by atoms with Crippen molar-refractivity contribution in [2.24, 2.45) is 0 Å². The summed E-state index contributed by atoms with van der Waals surface area (Å²) in [6.07, 6.45) is 2.04. The van der Waals surface area contributed by atoms with Gasteiger partial charge in [-0.2, -0.15) is 0 Å². The van der Waals surface area contributed by atoms with E-state index in [4.69, 9.17) is 25.8 Å². The van der Waals surface area contributed by atoms with Crippen LogP contribution in [0, 0.1) is 0 Å². The second-order valence-corrected chi connectivity index (χ2v) is 6.86. The number of benzene rings is 2. The maximum atomic E-state index is 6.13. The van der Waals surface area contributed by atoms with Crippen molar-refractivity contribution < 1.29 is 14.2 Å². The summed E-state index contributed by atoms with van der Waals surface area (Å²) in [5, 5.41) is 0.719. The molecule has 2 aromatic carbocycles. The molecule has 3 rings (SSSR count). The largest absolute Gasteiger partial charge is 0.493 e. The number of ether oxygens (including phenoxy) is 3. The van der Waals surface area contributed by atoms with Gasteiger partial charge in [0.05, 0.1) is 20.3 Å². The SMILES string of the molecule is COc1cccc(CCCN2CCOCC2)c1OCc1cccc(Cl)c1. The molecule has 2 aromatic rings. The molecular weight excluding hydrogens is 350 g/mol. The van der Waals surface area contributed by atoms with Gasteiger partial charge in [0.15, 0.2) is 11.5 Å². The lowest BCUT2D eigenvalue weighted by molar-refractivity contribution is 0.0374. The van der Waals surface area contributed by atoms with Crippen LogP contribution in [0.2, 0.25) is 5.02 Å². The van der Waals surface area contributed by atoms with Crippen molar-refractivity contribution in [1.82, 2.24) is 4.90 Å². The normalized spacial score (nSPS) is 15.0. The van der Waals surface area contributed by atoms with Crippen LogP contribution in [0.5, 0.6) is 11.5 Å². The molecule has 4 nitrogen and oxygen atoms in total. The van der Waals surface area contributed by atoms with E-state index in [9.17, 15) is 0 Å². The van der Waals surface area contributed by atoms with Crippen molar-refractivity contribution in [3.05, 3.63) is 58.6 Å². The van der Waals surface area contributed by atoms with Crippen molar-refractivity contribution in [3.63, 3.8) is 0 Å². The van der Waals surface area contributed by atoms with Crippen LogP contribution in [0.25, 0.3) is 0 Å². The Hall–Kier alpha value is -1.75. The minimum absolute atomic E-state index is 0.470. The van der Waals surface area contributed by atoms with Crippen molar-refractivity contribution >= 4 is 11.6 Å². The number of morpholine rings is 1. The standard InChI is InChI=1S/C21H26ClNO3/c1-24-20-9-3-6-18(7-4-10-23-11-13-25-14-12-23)21(20)26-16-17-5-2-8-19(22)15-17/h2-3,5-6,8-9,15H,4,7,10-14,16H2,1H3. The first kappa shape index (κ1) is 19.0. The highest BCUT2D eigenvalue weighted by Crippen LogP contribution is 2.32. The molecule has 1 heterocycles. The Labute approximate surface area is 160 Å². The Morgan fingerprint density at radius 3 is 2.69 bits per heavy atom. The van der Waals surface area contributed by atoms with Gasteiger partial charge in [-0.3, -0.25) is 4.90 Å². The van der Waals surface area contributed by atoms with Crippen LogP contribution < -0.4 is 9.47 Å². The number of para-hydroxylation sites is 1. The monoisotopic (exact) mass is 375 g/mol. The first-order valence-electron chi connectivity index (χ1n) is 9.09. The molecule has 140 valence electrons. The average Bonchev–Trinajstić information content (AvgIpc) is 2.67. The van der Waals surface area contributed by atoms with E-state index in [0.717, 1.165) is 67.8 Å². The van der Waals surface area contributed by atoms with Crippen LogP contribution in [-0.2, 0) is 17.8 Å². The molecule has 0 aromatic heterocycles. The van der Waals surface area contributed by atoms with Crippen LogP contribution in [0.1, 0.15) is 17.5 Å². The van der Waals surface area contributed by atoms with Crippen molar-refractivity contribution in [1.29, 1.82) is 0 Å². The number of nitrogens with zero attached hydrogens (tertiary/aromatic N) is 1. The lowest BCUT2D eigenvalue weighted by atomic mass is 10.1. The Morgan fingerprint density at radius 1 is 1.12 bits per heavy atom. The van der Waals surface area contributed by atoms with Crippen LogP contribution in [0.15, 0.2) is 42.5 Å². The van der Waals surface area contributed by atoms with Crippen LogP contribution in [-0.4, -0.2) is 44.9 Å².